The van der Waals surface area contributed by atoms with Gasteiger partial charge in [-0.3, -0.25) is 4.79 Å². The molecule has 2 rings (SSSR count). The SMILES string of the molecule is C=CCOc1c(Br)cc(/C=C(\C#N)C(=O)Nc2ccc(OCC)cc2)cc1Br. The highest BCUT2D eigenvalue weighted by molar-refractivity contribution is 9.11. The number of nitriles is 1. The van der Waals surface area contributed by atoms with E-state index >= 15 is 0 Å². The van der Waals surface area contributed by atoms with Crippen LogP contribution in [-0.2, 0) is 4.79 Å². The second kappa shape index (κ2) is 10.7. The van der Waals surface area contributed by atoms with Gasteiger partial charge in [0.15, 0.2) is 0 Å². The summed E-state index contributed by atoms with van der Waals surface area (Å²) in [6, 6.07) is 12.4. The molecule has 0 atom stereocenters. The van der Waals surface area contributed by atoms with E-state index in [9.17, 15) is 10.1 Å². The van der Waals surface area contributed by atoms with E-state index in [2.05, 4.69) is 43.8 Å². The molecule has 1 N–H and O–H groups in total. The number of hydrogen-bond acceptors (Lipinski definition) is 4. The van der Waals surface area contributed by atoms with Crippen LogP contribution in [0.1, 0.15) is 12.5 Å². The van der Waals surface area contributed by atoms with Crippen molar-refractivity contribution in [3.63, 3.8) is 0 Å². The van der Waals surface area contributed by atoms with Crippen molar-refractivity contribution in [1.29, 1.82) is 5.26 Å². The summed E-state index contributed by atoms with van der Waals surface area (Å²) in [5.41, 5.74) is 1.22. The van der Waals surface area contributed by atoms with Gasteiger partial charge in [0.25, 0.3) is 5.91 Å². The van der Waals surface area contributed by atoms with Crippen LogP contribution in [0, 0.1) is 11.3 Å². The minimum Gasteiger partial charge on any atom is -0.494 e. The Morgan fingerprint density at radius 3 is 2.39 bits per heavy atom. The molecule has 0 aliphatic rings. The molecule has 1 amide bonds. The van der Waals surface area contributed by atoms with Crippen molar-refractivity contribution in [2.75, 3.05) is 18.5 Å². The predicted octanol–water partition coefficient (Wildman–Crippen LogP) is 5.72. The van der Waals surface area contributed by atoms with Gasteiger partial charge in [-0.25, -0.2) is 0 Å². The van der Waals surface area contributed by atoms with Crippen molar-refractivity contribution in [1.82, 2.24) is 0 Å². The number of carbonyl (C=O) groups excluding carboxylic acids is 1. The van der Waals surface area contributed by atoms with Gasteiger partial charge in [0.05, 0.1) is 15.6 Å². The molecule has 0 bridgehead atoms. The molecule has 0 spiro atoms. The number of anilines is 1. The molecule has 0 aliphatic heterocycles. The molecule has 0 unspecified atom stereocenters. The second-order valence-corrected chi connectivity index (χ2v) is 7.20. The summed E-state index contributed by atoms with van der Waals surface area (Å²) in [7, 11) is 0. The molecule has 0 saturated carbocycles. The lowest BCUT2D eigenvalue weighted by Crippen LogP contribution is -2.13. The molecular formula is C21H18Br2N2O3. The summed E-state index contributed by atoms with van der Waals surface area (Å²) in [5, 5.41) is 12.1. The maximum atomic E-state index is 12.4. The molecule has 0 aromatic heterocycles. The summed E-state index contributed by atoms with van der Waals surface area (Å²) in [4.78, 5) is 12.4. The van der Waals surface area contributed by atoms with E-state index in [0.29, 0.717) is 44.9 Å². The van der Waals surface area contributed by atoms with Gasteiger partial charge < -0.3 is 14.8 Å². The molecule has 0 aliphatic carbocycles. The number of benzene rings is 2. The number of carbonyl (C=O) groups is 1. The number of nitrogens with zero attached hydrogens (tertiary/aromatic N) is 1. The molecule has 5 nitrogen and oxygen atoms in total. The van der Waals surface area contributed by atoms with Crippen molar-refractivity contribution < 1.29 is 14.3 Å². The summed E-state index contributed by atoms with van der Waals surface area (Å²) < 4.78 is 12.3. The van der Waals surface area contributed by atoms with E-state index in [0.717, 1.165) is 0 Å². The van der Waals surface area contributed by atoms with Crippen molar-refractivity contribution in [3.05, 3.63) is 69.1 Å². The van der Waals surface area contributed by atoms with Gasteiger partial charge in [-0.15, -0.1) is 0 Å². The van der Waals surface area contributed by atoms with Gasteiger partial charge in [-0.2, -0.15) is 5.26 Å². The van der Waals surface area contributed by atoms with Crippen LogP contribution >= 0.6 is 31.9 Å². The minimum absolute atomic E-state index is 0.0209. The highest BCUT2D eigenvalue weighted by Gasteiger charge is 2.12. The van der Waals surface area contributed by atoms with Crippen molar-refractivity contribution in [3.8, 4) is 17.6 Å². The van der Waals surface area contributed by atoms with Crippen LogP contribution in [0.5, 0.6) is 11.5 Å². The van der Waals surface area contributed by atoms with Crippen LogP contribution in [0.15, 0.2) is 63.6 Å². The van der Waals surface area contributed by atoms with Gasteiger partial charge in [0, 0.05) is 5.69 Å². The van der Waals surface area contributed by atoms with Crippen LogP contribution in [0.4, 0.5) is 5.69 Å². The average molecular weight is 506 g/mol. The molecule has 7 heteroatoms. The summed E-state index contributed by atoms with van der Waals surface area (Å²) in [6.45, 7) is 6.44. The Kier molecular flexibility index (Phi) is 8.30. The number of ether oxygens (including phenoxy) is 2. The molecule has 144 valence electrons. The van der Waals surface area contributed by atoms with Crippen LogP contribution in [-0.4, -0.2) is 19.1 Å². The largest absolute Gasteiger partial charge is 0.494 e. The number of nitrogens with one attached hydrogen (secondary N) is 1. The zero-order valence-corrected chi connectivity index (χ0v) is 18.3. The van der Waals surface area contributed by atoms with Crippen LogP contribution in [0.2, 0.25) is 0 Å². The molecule has 0 heterocycles. The zero-order chi connectivity index (χ0) is 20.5. The lowest BCUT2D eigenvalue weighted by Gasteiger charge is -2.10. The Bertz CT molecular complexity index is 909. The highest BCUT2D eigenvalue weighted by atomic mass is 79.9. The van der Waals surface area contributed by atoms with E-state index < -0.39 is 5.91 Å². The molecule has 0 radical (unpaired) electrons. The normalized spacial score (nSPS) is 10.7. The number of amides is 1. The summed E-state index contributed by atoms with van der Waals surface area (Å²) >= 11 is 6.87. The van der Waals surface area contributed by atoms with E-state index in [1.807, 2.05) is 13.0 Å². The Hall–Kier alpha value is -2.56. The van der Waals surface area contributed by atoms with Gasteiger partial charge in [0.2, 0.25) is 0 Å². The van der Waals surface area contributed by atoms with Crippen molar-refractivity contribution in [2.24, 2.45) is 0 Å². The Morgan fingerprint density at radius 1 is 1.21 bits per heavy atom. The predicted molar refractivity (Wildman–Crippen MR) is 117 cm³/mol. The highest BCUT2D eigenvalue weighted by Crippen LogP contribution is 2.35. The molecule has 0 fully saturated rings. The second-order valence-electron chi connectivity index (χ2n) is 5.49. The fourth-order valence-corrected chi connectivity index (χ4v) is 3.71. The smallest absolute Gasteiger partial charge is 0.266 e. The monoisotopic (exact) mass is 504 g/mol. The Balaban J connectivity index is 2.19. The van der Waals surface area contributed by atoms with Gasteiger partial charge in [-0.05, 0) is 86.8 Å². The first kappa shape index (κ1) is 21.7. The van der Waals surface area contributed by atoms with E-state index in [4.69, 9.17) is 9.47 Å². The Morgan fingerprint density at radius 2 is 1.86 bits per heavy atom. The van der Waals surface area contributed by atoms with Crippen LogP contribution in [0.25, 0.3) is 6.08 Å². The zero-order valence-electron chi connectivity index (χ0n) is 15.2. The molecule has 28 heavy (non-hydrogen) atoms. The first-order valence-corrected chi connectivity index (χ1v) is 9.95. The van der Waals surface area contributed by atoms with Gasteiger partial charge in [0.1, 0.15) is 29.7 Å². The van der Waals surface area contributed by atoms with E-state index in [1.165, 1.54) is 6.08 Å². The van der Waals surface area contributed by atoms with Gasteiger partial charge in [-0.1, -0.05) is 12.7 Å². The van der Waals surface area contributed by atoms with Crippen molar-refractivity contribution in [2.45, 2.75) is 6.92 Å². The average Bonchev–Trinajstić information content (AvgIpc) is 2.67. The van der Waals surface area contributed by atoms with Crippen LogP contribution < -0.4 is 14.8 Å². The fraction of sp³-hybridized carbons (Fsp3) is 0.143. The number of hydrogen-bond donors (Lipinski definition) is 1. The number of halogens is 2. The standard InChI is InChI=1S/C21H18Br2N2O3/c1-3-9-28-20-18(22)11-14(12-19(20)23)10-15(13-24)21(26)25-16-5-7-17(8-6-16)27-4-2/h3,5-8,10-12H,1,4,9H2,2H3,(H,25,26)/b15-10+. The molecular weight excluding hydrogens is 488 g/mol. The third-order valence-corrected chi connectivity index (χ3v) is 4.64. The van der Waals surface area contributed by atoms with E-state index in [-0.39, 0.29) is 5.57 Å². The maximum absolute atomic E-state index is 12.4. The first-order chi connectivity index (χ1) is 13.5. The fourth-order valence-electron chi connectivity index (χ4n) is 2.26. The Labute approximate surface area is 180 Å². The van der Waals surface area contributed by atoms with Crippen LogP contribution in [0.3, 0.4) is 0 Å². The third-order valence-electron chi connectivity index (χ3n) is 3.47. The first-order valence-electron chi connectivity index (χ1n) is 8.37. The number of rotatable bonds is 8. The quantitative estimate of drug-likeness (QED) is 0.283. The maximum Gasteiger partial charge on any atom is 0.266 e. The van der Waals surface area contributed by atoms with Crippen molar-refractivity contribution >= 4 is 49.5 Å². The molecule has 2 aromatic carbocycles. The minimum atomic E-state index is -0.495. The van der Waals surface area contributed by atoms with E-state index in [1.54, 1.807) is 42.5 Å². The lowest BCUT2D eigenvalue weighted by atomic mass is 10.1. The summed E-state index contributed by atoms with van der Waals surface area (Å²) in [5.74, 6) is 0.838. The lowest BCUT2D eigenvalue weighted by molar-refractivity contribution is -0.112. The molecule has 2 aromatic rings. The molecule has 0 saturated heterocycles. The summed E-state index contributed by atoms with van der Waals surface area (Å²) in [6.07, 6.45) is 3.16. The third kappa shape index (κ3) is 5.98. The van der Waals surface area contributed by atoms with Gasteiger partial charge >= 0.3 is 0 Å². The topological polar surface area (TPSA) is 71.3 Å².